The van der Waals surface area contributed by atoms with E-state index in [1.807, 2.05) is 6.07 Å². The number of hydrogen-bond donors (Lipinski definition) is 3. The van der Waals surface area contributed by atoms with Crippen molar-refractivity contribution in [2.24, 2.45) is 0 Å². The number of aromatic amines is 1. The second-order valence-corrected chi connectivity index (χ2v) is 8.43. The van der Waals surface area contributed by atoms with Gasteiger partial charge in [0.1, 0.15) is 17.2 Å². The first kappa shape index (κ1) is 17.8. The molecule has 3 N–H and O–H groups in total. The fourth-order valence-corrected chi connectivity index (χ4v) is 3.75. The lowest BCUT2D eigenvalue weighted by Gasteiger charge is -2.42. The van der Waals surface area contributed by atoms with Crippen LogP contribution in [-0.4, -0.2) is 38.4 Å². The summed E-state index contributed by atoms with van der Waals surface area (Å²) >= 11 is 0. The first-order valence-corrected chi connectivity index (χ1v) is 10.4. The summed E-state index contributed by atoms with van der Waals surface area (Å²) in [4.78, 5) is 13.9. The molecule has 8 nitrogen and oxygen atoms in total. The molecule has 6 rings (SSSR count). The maximum atomic E-state index is 13.4. The van der Waals surface area contributed by atoms with E-state index in [2.05, 4.69) is 35.8 Å². The summed E-state index contributed by atoms with van der Waals surface area (Å²) < 4.78 is 18.9. The van der Waals surface area contributed by atoms with Crippen LogP contribution in [0.2, 0.25) is 0 Å². The molecule has 0 radical (unpaired) electrons. The summed E-state index contributed by atoms with van der Waals surface area (Å²) in [6.07, 6.45) is 4.59. The highest BCUT2D eigenvalue weighted by molar-refractivity contribution is 5.51. The third-order valence-electron chi connectivity index (χ3n) is 5.89. The molecule has 0 bridgehead atoms. The van der Waals surface area contributed by atoms with Crippen molar-refractivity contribution >= 4 is 17.7 Å². The molecule has 0 atom stereocenters. The van der Waals surface area contributed by atoms with Crippen LogP contribution in [-0.2, 0) is 10.3 Å². The molecule has 3 aliphatic rings. The first-order valence-electron chi connectivity index (χ1n) is 10.4. The zero-order valence-corrected chi connectivity index (χ0v) is 16.4. The number of rotatable bonds is 7. The van der Waals surface area contributed by atoms with Crippen LogP contribution in [0.4, 0.5) is 22.1 Å². The predicted octanol–water partition coefficient (Wildman–Crippen LogP) is 3.57. The number of ether oxygens (including phenoxy) is 1. The van der Waals surface area contributed by atoms with E-state index in [0.29, 0.717) is 42.8 Å². The SMILES string of the molecule is Fc1ccc(C2(Nc3nc(Nc4cc(C5CC5)[nH]n4)nc(C4CC4)n3)COC2)cc1. The molecule has 154 valence electrons. The van der Waals surface area contributed by atoms with Crippen LogP contribution in [0.5, 0.6) is 0 Å². The topological polar surface area (TPSA) is 101 Å². The van der Waals surface area contributed by atoms with Gasteiger partial charge >= 0.3 is 0 Å². The van der Waals surface area contributed by atoms with Crippen LogP contribution >= 0.6 is 0 Å². The Morgan fingerprint density at radius 1 is 0.967 bits per heavy atom. The van der Waals surface area contributed by atoms with Crippen LogP contribution in [0.15, 0.2) is 30.3 Å². The van der Waals surface area contributed by atoms with Crippen molar-refractivity contribution in [1.82, 2.24) is 25.1 Å². The maximum absolute atomic E-state index is 13.4. The molecule has 1 saturated heterocycles. The van der Waals surface area contributed by atoms with Crippen LogP contribution in [0.3, 0.4) is 0 Å². The molecule has 0 amide bonds. The quantitative estimate of drug-likeness (QED) is 0.550. The normalized spacial score (nSPS) is 19.9. The van der Waals surface area contributed by atoms with E-state index in [4.69, 9.17) is 4.74 Å². The monoisotopic (exact) mass is 407 g/mol. The van der Waals surface area contributed by atoms with Crippen molar-refractivity contribution in [1.29, 1.82) is 0 Å². The predicted molar refractivity (Wildman–Crippen MR) is 108 cm³/mol. The van der Waals surface area contributed by atoms with Crippen molar-refractivity contribution in [3.8, 4) is 0 Å². The van der Waals surface area contributed by atoms with E-state index in [9.17, 15) is 4.39 Å². The Kier molecular flexibility index (Phi) is 3.98. The molecule has 1 aromatic carbocycles. The van der Waals surface area contributed by atoms with Crippen LogP contribution in [0.1, 0.15) is 54.6 Å². The van der Waals surface area contributed by atoms with Gasteiger partial charge in [0.05, 0.1) is 13.2 Å². The molecule has 2 saturated carbocycles. The van der Waals surface area contributed by atoms with E-state index in [-0.39, 0.29) is 5.82 Å². The molecule has 9 heteroatoms. The van der Waals surface area contributed by atoms with Crippen molar-refractivity contribution in [3.05, 3.63) is 53.2 Å². The summed E-state index contributed by atoms with van der Waals surface area (Å²) in [5, 5.41) is 14.1. The lowest BCUT2D eigenvalue weighted by Crippen LogP contribution is -2.53. The number of benzene rings is 1. The Hall–Kier alpha value is -3.07. The van der Waals surface area contributed by atoms with Gasteiger partial charge in [-0.25, -0.2) is 4.39 Å². The summed E-state index contributed by atoms with van der Waals surface area (Å²) in [5.74, 6) is 3.15. The molecule has 1 aliphatic heterocycles. The lowest BCUT2D eigenvalue weighted by atomic mass is 9.88. The highest BCUT2D eigenvalue weighted by atomic mass is 19.1. The second kappa shape index (κ2) is 6.73. The second-order valence-electron chi connectivity index (χ2n) is 8.43. The van der Waals surface area contributed by atoms with E-state index in [1.165, 1.54) is 25.0 Å². The molecule has 3 aromatic rings. The molecule has 0 unspecified atom stereocenters. The average Bonchev–Trinajstić information content (AvgIpc) is 3.64. The minimum atomic E-state index is -0.474. The largest absolute Gasteiger partial charge is 0.376 e. The van der Waals surface area contributed by atoms with Crippen LogP contribution in [0.25, 0.3) is 0 Å². The van der Waals surface area contributed by atoms with Crippen LogP contribution < -0.4 is 10.6 Å². The van der Waals surface area contributed by atoms with Crippen molar-refractivity contribution in [2.75, 3.05) is 23.8 Å². The van der Waals surface area contributed by atoms with Gasteiger partial charge in [0.15, 0.2) is 5.82 Å². The molecular formula is C21H22FN7O. The number of nitrogens with zero attached hydrogens (tertiary/aromatic N) is 4. The summed E-state index contributed by atoms with van der Waals surface area (Å²) in [6.45, 7) is 0.936. The smallest absolute Gasteiger partial charge is 0.233 e. The molecule has 0 spiro atoms. The summed E-state index contributed by atoms with van der Waals surface area (Å²) in [6, 6.07) is 8.49. The van der Waals surface area contributed by atoms with Gasteiger partial charge in [0.2, 0.25) is 11.9 Å². The van der Waals surface area contributed by atoms with Gasteiger partial charge in [-0.15, -0.1) is 0 Å². The highest BCUT2D eigenvalue weighted by Gasteiger charge is 2.41. The number of hydrogen-bond acceptors (Lipinski definition) is 7. The number of nitrogens with one attached hydrogen (secondary N) is 3. The highest BCUT2D eigenvalue weighted by Crippen LogP contribution is 2.41. The van der Waals surface area contributed by atoms with E-state index >= 15 is 0 Å². The maximum Gasteiger partial charge on any atom is 0.233 e. The molecule has 2 aromatic heterocycles. The van der Waals surface area contributed by atoms with E-state index < -0.39 is 5.54 Å². The third kappa shape index (κ3) is 3.39. The van der Waals surface area contributed by atoms with Gasteiger partial charge < -0.3 is 15.4 Å². The number of aromatic nitrogens is 5. The number of halogens is 1. The van der Waals surface area contributed by atoms with Gasteiger partial charge in [0.25, 0.3) is 0 Å². The van der Waals surface area contributed by atoms with Gasteiger partial charge in [-0.2, -0.15) is 20.1 Å². The third-order valence-corrected chi connectivity index (χ3v) is 5.89. The zero-order valence-electron chi connectivity index (χ0n) is 16.4. The van der Waals surface area contributed by atoms with E-state index in [1.54, 1.807) is 12.1 Å². The first-order chi connectivity index (χ1) is 14.7. The fourth-order valence-electron chi connectivity index (χ4n) is 3.75. The average molecular weight is 407 g/mol. The summed E-state index contributed by atoms with van der Waals surface area (Å²) in [7, 11) is 0. The standard InChI is InChI=1S/C21H22FN7O/c22-15-7-5-14(6-8-15)21(10-30-11-21)27-20-25-18(13-3-4-13)24-19(26-20)23-17-9-16(28-29-17)12-1-2-12/h5-9,12-13H,1-4,10-11H2,(H3,23,24,25,26,27,28,29). The Labute approximate surface area is 172 Å². The Morgan fingerprint density at radius 3 is 2.37 bits per heavy atom. The zero-order chi connectivity index (χ0) is 20.1. The Balaban J connectivity index is 1.29. The number of H-pyrrole nitrogens is 1. The number of anilines is 3. The fraction of sp³-hybridized carbons (Fsp3) is 0.429. The Morgan fingerprint density at radius 2 is 1.70 bits per heavy atom. The van der Waals surface area contributed by atoms with Gasteiger partial charge in [-0.05, 0) is 43.4 Å². The minimum Gasteiger partial charge on any atom is -0.376 e. The van der Waals surface area contributed by atoms with Crippen molar-refractivity contribution in [2.45, 2.75) is 43.1 Å². The van der Waals surface area contributed by atoms with Crippen molar-refractivity contribution < 1.29 is 9.13 Å². The van der Waals surface area contributed by atoms with E-state index in [0.717, 1.165) is 29.9 Å². The van der Waals surface area contributed by atoms with Gasteiger partial charge in [0, 0.05) is 23.6 Å². The molecule has 30 heavy (non-hydrogen) atoms. The van der Waals surface area contributed by atoms with Gasteiger partial charge in [-0.3, -0.25) is 5.10 Å². The Bertz CT molecular complexity index is 1070. The van der Waals surface area contributed by atoms with Gasteiger partial charge in [-0.1, -0.05) is 12.1 Å². The molecule has 3 fully saturated rings. The lowest BCUT2D eigenvalue weighted by molar-refractivity contribution is -0.0451. The molecule has 2 aliphatic carbocycles. The minimum absolute atomic E-state index is 0.263. The molecule has 3 heterocycles. The summed E-state index contributed by atoms with van der Waals surface area (Å²) in [5.41, 5.74) is 1.62. The molecular weight excluding hydrogens is 385 g/mol. The van der Waals surface area contributed by atoms with Crippen molar-refractivity contribution in [3.63, 3.8) is 0 Å². The van der Waals surface area contributed by atoms with Crippen LogP contribution in [0, 0.1) is 5.82 Å².